The highest BCUT2D eigenvalue weighted by Gasteiger charge is 2.15. The maximum Gasteiger partial charge on any atom is 0.141 e. The summed E-state index contributed by atoms with van der Waals surface area (Å²) >= 11 is 5.96. The lowest BCUT2D eigenvalue weighted by atomic mass is 10.2. The van der Waals surface area contributed by atoms with E-state index in [1.54, 1.807) is 0 Å². The zero-order valence-electron chi connectivity index (χ0n) is 11.3. The van der Waals surface area contributed by atoms with Gasteiger partial charge >= 0.3 is 0 Å². The molecule has 0 radical (unpaired) electrons. The molecule has 102 valence electrons. The molecule has 0 fully saturated rings. The van der Waals surface area contributed by atoms with Gasteiger partial charge in [-0.2, -0.15) is 0 Å². The molecule has 3 nitrogen and oxygen atoms in total. The molecule has 0 saturated heterocycles. The van der Waals surface area contributed by atoms with Gasteiger partial charge in [-0.1, -0.05) is 23.7 Å². The summed E-state index contributed by atoms with van der Waals surface area (Å²) in [5.41, 5.74) is 8.99. The highest BCUT2D eigenvalue weighted by molar-refractivity contribution is 6.30. The number of benzene rings is 2. The summed E-state index contributed by atoms with van der Waals surface area (Å²) < 4.78 is 2.19. The number of nitrogens with two attached hydrogens (primary N) is 1. The third kappa shape index (κ3) is 2.19. The molecule has 1 unspecified atom stereocenters. The fraction of sp³-hybridized carbons (Fsp3) is 0.188. The Bertz CT molecular complexity index is 731. The number of rotatable bonds is 3. The Morgan fingerprint density at radius 2 is 1.85 bits per heavy atom. The van der Waals surface area contributed by atoms with E-state index in [-0.39, 0.29) is 6.04 Å². The third-order valence-electron chi connectivity index (χ3n) is 3.48. The van der Waals surface area contributed by atoms with E-state index in [4.69, 9.17) is 22.3 Å². The van der Waals surface area contributed by atoms with Crippen LogP contribution in [0.1, 0.15) is 13.0 Å². The second-order valence-electron chi connectivity index (χ2n) is 4.89. The van der Waals surface area contributed by atoms with Crippen molar-refractivity contribution in [3.8, 4) is 11.4 Å². The molecule has 0 bridgehead atoms. The molecule has 3 rings (SSSR count). The van der Waals surface area contributed by atoms with Crippen LogP contribution >= 0.6 is 11.6 Å². The molecule has 0 saturated carbocycles. The molecule has 2 N–H and O–H groups in total. The Morgan fingerprint density at radius 3 is 2.55 bits per heavy atom. The van der Waals surface area contributed by atoms with Crippen molar-refractivity contribution >= 4 is 22.6 Å². The summed E-state index contributed by atoms with van der Waals surface area (Å²) in [7, 11) is 0. The van der Waals surface area contributed by atoms with Gasteiger partial charge in [-0.05, 0) is 43.3 Å². The lowest BCUT2D eigenvalue weighted by molar-refractivity contribution is 0.579. The maximum atomic E-state index is 5.96. The van der Waals surface area contributed by atoms with Crippen molar-refractivity contribution in [1.82, 2.24) is 9.55 Å². The van der Waals surface area contributed by atoms with E-state index in [1.165, 1.54) is 0 Å². The van der Waals surface area contributed by atoms with Crippen molar-refractivity contribution in [2.24, 2.45) is 5.73 Å². The molecular weight excluding hydrogens is 270 g/mol. The van der Waals surface area contributed by atoms with Gasteiger partial charge in [0.25, 0.3) is 0 Å². The number of nitrogens with zero attached hydrogens (tertiary/aromatic N) is 2. The van der Waals surface area contributed by atoms with Crippen LogP contribution in [-0.4, -0.2) is 16.1 Å². The van der Waals surface area contributed by atoms with Crippen LogP contribution in [0.15, 0.2) is 48.5 Å². The predicted octanol–water partition coefficient (Wildman–Crippen LogP) is 3.88. The van der Waals surface area contributed by atoms with Crippen LogP contribution in [0.4, 0.5) is 0 Å². The van der Waals surface area contributed by atoms with E-state index in [0.717, 1.165) is 27.4 Å². The van der Waals surface area contributed by atoms with Gasteiger partial charge in [0.1, 0.15) is 5.82 Å². The maximum absolute atomic E-state index is 5.96. The number of hydrogen-bond acceptors (Lipinski definition) is 2. The molecule has 0 amide bonds. The summed E-state index contributed by atoms with van der Waals surface area (Å²) in [6, 6.07) is 16.1. The minimum absolute atomic E-state index is 0.188. The highest BCUT2D eigenvalue weighted by atomic mass is 35.5. The van der Waals surface area contributed by atoms with Crippen molar-refractivity contribution < 1.29 is 0 Å². The number of fused-ring (bicyclic) bond motifs is 1. The summed E-state index contributed by atoms with van der Waals surface area (Å²) in [5.74, 6) is 0.931. The van der Waals surface area contributed by atoms with Crippen LogP contribution in [0, 0.1) is 0 Å². The minimum Gasteiger partial charge on any atom is -0.328 e. The molecule has 0 aliphatic carbocycles. The molecule has 4 heteroatoms. The monoisotopic (exact) mass is 285 g/mol. The standard InChI is InChI=1S/C16H16ClN3/c1-11(10-18)20-15-5-3-2-4-14(15)19-16(20)12-6-8-13(17)9-7-12/h2-9,11H,10,18H2,1H3. The summed E-state index contributed by atoms with van der Waals surface area (Å²) in [5, 5.41) is 0.725. The van der Waals surface area contributed by atoms with E-state index in [0.29, 0.717) is 6.54 Å². The summed E-state index contributed by atoms with van der Waals surface area (Å²) in [6.07, 6.45) is 0. The molecule has 20 heavy (non-hydrogen) atoms. The Kier molecular flexibility index (Phi) is 3.47. The Hall–Kier alpha value is -1.84. The van der Waals surface area contributed by atoms with Gasteiger partial charge in [0.15, 0.2) is 0 Å². The van der Waals surface area contributed by atoms with Crippen LogP contribution in [0.3, 0.4) is 0 Å². The van der Waals surface area contributed by atoms with Gasteiger partial charge in [-0.25, -0.2) is 4.98 Å². The highest BCUT2D eigenvalue weighted by Crippen LogP contribution is 2.28. The Morgan fingerprint density at radius 1 is 1.15 bits per heavy atom. The lowest BCUT2D eigenvalue weighted by Gasteiger charge is -2.15. The minimum atomic E-state index is 0.188. The van der Waals surface area contributed by atoms with Crippen LogP contribution in [-0.2, 0) is 0 Å². The number of hydrogen-bond donors (Lipinski definition) is 1. The van der Waals surface area contributed by atoms with Crippen molar-refractivity contribution in [1.29, 1.82) is 0 Å². The molecular formula is C16H16ClN3. The first-order valence-corrected chi connectivity index (χ1v) is 7.01. The normalized spacial score (nSPS) is 12.8. The first kappa shape index (κ1) is 13.2. The van der Waals surface area contributed by atoms with Gasteiger partial charge in [0.05, 0.1) is 11.0 Å². The van der Waals surface area contributed by atoms with Gasteiger partial charge in [0, 0.05) is 23.2 Å². The first-order valence-electron chi connectivity index (χ1n) is 6.63. The molecule has 1 atom stereocenters. The fourth-order valence-corrected chi connectivity index (χ4v) is 2.52. The van der Waals surface area contributed by atoms with Crippen molar-refractivity contribution in [3.63, 3.8) is 0 Å². The second-order valence-corrected chi connectivity index (χ2v) is 5.32. The average molecular weight is 286 g/mol. The molecule has 0 aliphatic heterocycles. The number of imidazole rings is 1. The first-order chi connectivity index (χ1) is 9.70. The van der Waals surface area contributed by atoms with E-state index >= 15 is 0 Å². The van der Waals surface area contributed by atoms with Gasteiger partial charge in [0.2, 0.25) is 0 Å². The van der Waals surface area contributed by atoms with E-state index in [2.05, 4.69) is 17.6 Å². The van der Waals surface area contributed by atoms with Gasteiger partial charge in [-0.15, -0.1) is 0 Å². The smallest absolute Gasteiger partial charge is 0.141 e. The van der Waals surface area contributed by atoms with Crippen LogP contribution in [0.25, 0.3) is 22.4 Å². The number of halogens is 1. The van der Waals surface area contributed by atoms with E-state index < -0.39 is 0 Å². The number of para-hydroxylation sites is 2. The quantitative estimate of drug-likeness (QED) is 0.794. The molecule has 0 spiro atoms. The number of aromatic nitrogens is 2. The van der Waals surface area contributed by atoms with Crippen molar-refractivity contribution in [3.05, 3.63) is 53.6 Å². The van der Waals surface area contributed by atoms with Crippen molar-refractivity contribution in [2.45, 2.75) is 13.0 Å². The fourth-order valence-electron chi connectivity index (χ4n) is 2.40. The lowest BCUT2D eigenvalue weighted by Crippen LogP contribution is -2.16. The van der Waals surface area contributed by atoms with E-state index in [1.807, 2.05) is 42.5 Å². The van der Waals surface area contributed by atoms with Crippen molar-refractivity contribution in [2.75, 3.05) is 6.54 Å². The summed E-state index contributed by atoms with van der Waals surface area (Å²) in [6.45, 7) is 2.68. The second kappa shape index (κ2) is 5.27. The molecule has 1 aromatic heterocycles. The molecule has 1 heterocycles. The van der Waals surface area contributed by atoms with E-state index in [9.17, 15) is 0 Å². The third-order valence-corrected chi connectivity index (χ3v) is 3.73. The molecule has 3 aromatic rings. The van der Waals surface area contributed by atoms with Gasteiger partial charge < -0.3 is 10.3 Å². The average Bonchev–Trinajstić information content (AvgIpc) is 2.86. The van der Waals surface area contributed by atoms with Crippen LogP contribution in [0.2, 0.25) is 5.02 Å². The zero-order valence-corrected chi connectivity index (χ0v) is 12.0. The van der Waals surface area contributed by atoms with Crippen LogP contribution < -0.4 is 5.73 Å². The summed E-state index contributed by atoms with van der Waals surface area (Å²) in [4.78, 5) is 4.75. The SMILES string of the molecule is CC(CN)n1c(-c2ccc(Cl)cc2)nc2ccccc21. The topological polar surface area (TPSA) is 43.8 Å². The molecule has 2 aromatic carbocycles. The Balaban J connectivity index is 2.26. The van der Waals surface area contributed by atoms with Crippen LogP contribution in [0.5, 0.6) is 0 Å². The Labute approximate surface area is 123 Å². The van der Waals surface area contributed by atoms with Gasteiger partial charge in [-0.3, -0.25) is 0 Å². The largest absolute Gasteiger partial charge is 0.328 e. The molecule has 0 aliphatic rings. The predicted molar refractivity (Wildman–Crippen MR) is 83.9 cm³/mol. The zero-order chi connectivity index (χ0) is 14.1.